The van der Waals surface area contributed by atoms with E-state index in [0.717, 1.165) is 35.8 Å². The van der Waals surface area contributed by atoms with E-state index in [1.54, 1.807) is 0 Å². The molecule has 0 saturated carbocycles. The van der Waals surface area contributed by atoms with Crippen LogP contribution in [0.3, 0.4) is 0 Å². The molecule has 1 heterocycles. The number of anilines is 1. The Kier molecular flexibility index (Phi) is 3.25. The van der Waals surface area contributed by atoms with Crippen LogP contribution in [0.2, 0.25) is 0 Å². The third kappa shape index (κ3) is 2.01. The number of halogens is 1. The van der Waals surface area contributed by atoms with E-state index < -0.39 is 0 Å². The van der Waals surface area contributed by atoms with Crippen molar-refractivity contribution in [2.45, 2.75) is 32.6 Å². The summed E-state index contributed by atoms with van der Waals surface area (Å²) in [4.78, 5) is 4.80. The summed E-state index contributed by atoms with van der Waals surface area (Å²) in [5.74, 6) is 0. The number of fused-ring (bicyclic) bond motifs is 2. The number of nitrogens with one attached hydrogen (secondary N) is 1. The molecule has 2 nitrogen and oxygen atoms in total. The lowest BCUT2D eigenvalue weighted by Gasteiger charge is -2.14. The zero-order valence-corrected chi connectivity index (χ0v) is 12.2. The minimum Gasteiger partial charge on any atom is -0.384 e. The largest absolute Gasteiger partial charge is 0.384 e. The quantitative estimate of drug-likeness (QED) is 0.914. The average molecular weight is 305 g/mol. The van der Waals surface area contributed by atoms with Crippen molar-refractivity contribution in [3.63, 3.8) is 0 Å². The molecule has 18 heavy (non-hydrogen) atoms. The smallest absolute Gasteiger partial charge is 0.0727 e. The zero-order valence-electron chi connectivity index (χ0n) is 10.6. The summed E-state index contributed by atoms with van der Waals surface area (Å²) in [5.41, 5.74) is 5.16. The highest BCUT2D eigenvalue weighted by Gasteiger charge is 2.19. The van der Waals surface area contributed by atoms with Gasteiger partial charge in [-0.3, -0.25) is 4.98 Å². The second-order valence-corrected chi connectivity index (χ2v) is 5.77. The van der Waals surface area contributed by atoms with Gasteiger partial charge in [-0.25, -0.2) is 0 Å². The van der Waals surface area contributed by atoms with Gasteiger partial charge in [-0.2, -0.15) is 0 Å². The van der Waals surface area contributed by atoms with Gasteiger partial charge in [0.05, 0.1) is 5.52 Å². The molecule has 0 aliphatic heterocycles. The van der Waals surface area contributed by atoms with Crippen molar-refractivity contribution in [3.8, 4) is 0 Å². The molecular formula is C15H17BrN2. The van der Waals surface area contributed by atoms with Gasteiger partial charge in [-0.15, -0.1) is 0 Å². The highest BCUT2D eigenvalue weighted by molar-refractivity contribution is 9.10. The Morgan fingerprint density at radius 2 is 2.22 bits per heavy atom. The van der Waals surface area contributed by atoms with Gasteiger partial charge in [0.1, 0.15) is 0 Å². The van der Waals surface area contributed by atoms with Gasteiger partial charge in [-0.05, 0) is 49.4 Å². The number of benzene rings is 1. The van der Waals surface area contributed by atoms with E-state index in [1.165, 1.54) is 28.8 Å². The lowest BCUT2D eigenvalue weighted by Crippen LogP contribution is -2.05. The maximum Gasteiger partial charge on any atom is 0.0727 e. The molecule has 0 unspecified atom stereocenters. The molecule has 0 amide bonds. The minimum absolute atomic E-state index is 1.03. The zero-order chi connectivity index (χ0) is 12.5. The van der Waals surface area contributed by atoms with E-state index in [2.05, 4.69) is 46.4 Å². The van der Waals surface area contributed by atoms with E-state index in [-0.39, 0.29) is 0 Å². The van der Waals surface area contributed by atoms with E-state index in [4.69, 9.17) is 4.98 Å². The lowest BCUT2D eigenvalue weighted by atomic mass is 10.1. The third-order valence-electron chi connectivity index (χ3n) is 3.53. The fraction of sp³-hybridized carbons (Fsp3) is 0.400. The second-order valence-electron chi connectivity index (χ2n) is 4.85. The number of aryl methyl sites for hydroxylation is 1. The van der Waals surface area contributed by atoms with Gasteiger partial charge in [-0.1, -0.05) is 22.9 Å². The fourth-order valence-corrected chi connectivity index (χ4v) is 3.05. The Hall–Kier alpha value is -1.09. The SMILES string of the molecule is CCCNc1c2c(nc3ccc(Br)cc13)CCC2. The van der Waals surface area contributed by atoms with Crippen molar-refractivity contribution >= 4 is 32.5 Å². The number of pyridine rings is 1. The molecule has 1 N–H and O–H groups in total. The van der Waals surface area contributed by atoms with Crippen LogP contribution in [0.15, 0.2) is 22.7 Å². The van der Waals surface area contributed by atoms with Crippen molar-refractivity contribution in [3.05, 3.63) is 33.9 Å². The van der Waals surface area contributed by atoms with Crippen molar-refractivity contribution in [1.29, 1.82) is 0 Å². The third-order valence-corrected chi connectivity index (χ3v) is 4.02. The highest BCUT2D eigenvalue weighted by atomic mass is 79.9. The topological polar surface area (TPSA) is 24.9 Å². The lowest BCUT2D eigenvalue weighted by molar-refractivity contribution is 0.900. The summed E-state index contributed by atoms with van der Waals surface area (Å²) in [6.07, 6.45) is 4.67. The molecule has 0 atom stereocenters. The Labute approximate surface area is 116 Å². The Morgan fingerprint density at radius 3 is 3.06 bits per heavy atom. The highest BCUT2D eigenvalue weighted by Crippen LogP contribution is 2.35. The van der Waals surface area contributed by atoms with Crippen LogP contribution >= 0.6 is 15.9 Å². The van der Waals surface area contributed by atoms with E-state index in [1.807, 2.05) is 0 Å². The van der Waals surface area contributed by atoms with Crippen LogP contribution in [-0.2, 0) is 12.8 Å². The van der Waals surface area contributed by atoms with Crippen molar-refractivity contribution in [2.75, 3.05) is 11.9 Å². The molecule has 1 aromatic carbocycles. The number of nitrogens with zero attached hydrogens (tertiary/aromatic N) is 1. The number of aromatic nitrogens is 1. The van der Waals surface area contributed by atoms with Crippen LogP contribution in [0.1, 0.15) is 31.0 Å². The van der Waals surface area contributed by atoms with Crippen LogP contribution in [0.25, 0.3) is 10.9 Å². The summed E-state index contributed by atoms with van der Waals surface area (Å²) in [6, 6.07) is 6.36. The number of hydrogen-bond donors (Lipinski definition) is 1. The van der Waals surface area contributed by atoms with Gasteiger partial charge in [0.15, 0.2) is 0 Å². The van der Waals surface area contributed by atoms with Crippen molar-refractivity contribution < 1.29 is 0 Å². The van der Waals surface area contributed by atoms with E-state index in [0.29, 0.717) is 0 Å². The molecule has 94 valence electrons. The normalized spacial score (nSPS) is 13.9. The molecule has 1 aliphatic rings. The van der Waals surface area contributed by atoms with E-state index >= 15 is 0 Å². The van der Waals surface area contributed by atoms with Crippen molar-refractivity contribution in [2.24, 2.45) is 0 Å². The van der Waals surface area contributed by atoms with Gasteiger partial charge >= 0.3 is 0 Å². The van der Waals surface area contributed by atoms with Crippen LogP contribution in [-0.4, -0.2) is 11.5 Å². The number of rotatable bonds is 3. The van der Waals surface area contributed by atoms with E-state index in [9.17, 15) is 0 Å². The molecule has 0 fully saturated rings. The first kappa shape index (κ1) is 12.0. The van der Waals surface area contributed by atoms with Crippen LogP contribution in [0.4, 0.5) is 5.69 Å². The first-order valence-electron chi connectivity index (χ1n) is 6.64. The first-order valence-corrected chi connectivity index (χ1v) is 7.43. The fourth-order valence-electron chi connectivity index (χ4n) is 2.69. The molecule has 0 bridgehead atoms. The molecule has 2 aromatic rings. The maximum absolute atomic E-state index is 4.80. The van der Waals surface area contributed by atoms with Gasteiger partial charge < -0.3 is 5.32 Å². The summed E-state index contributed by atoms with van der Waals surface area (Å²) in [6.45, 7) is 3.23. The van der Waals surface area contributed by atoms with Gasteiger partial charge in [0.25, 0.3) is 0 Å². The molecule has 1 aliphatic carbocycles. The second kappa shape index (κ2) is 4.88. The van der Waals surface area contributed by atoms with Crippen LogP contribution < -0.4 is 5.32 Å². The Balaban J connectivity index is 2.22. The molecular weight excluding hydrogens is 288 g/mol. The summed E-state index contributed by atoms with van der Waals surface area (Å²) in [7, 11) is 0. The standard InChI is InChI=1S/C15H17BrN2/c1-2-8-17-15-11-4-3-5-13(11)18-14-7-6-10(16)9-12(14)15/h6-7,9H,2-5,8H2,1H3,(H,17,18). The van der Waals surface area contributed by atoms with Crippen LogP contribution in [0.5, 0.6) is 0 Å². The molecule has 3 rings (SSSR count). The monoisotopic (exact) mass is 304 g/mol. The molecule has 0 saturated heterocycles. The average Bonchev–Trinajstić information content (AvgIpc) is 2.82. The van der Waals surface area contributed by atoms with Crippen molar-refractivity contribution in [1.82, 2.24) is 4.98 Å². The van der Waals surface area contributed by atoms with Crippen LogP contribution in [0, 0.1) is 0 Å². The summed E-state index contributed by atoms with van der Waals surface area (Å²) >= 11 is 3.56. The molecule has 3 heteroatoms. The Bertz CT molecular complexity index is 593. The predicted octanol–water partition coefficient (Wildman–Crippen LogP) is 4.31. The molecule has 1 aromatic heterocycles. The Morgan fingerprint density at radius 1 is 1.33 bits per heavy atom. The predicted molar refractivity (Wildman–Crippen MR) is 80.2 cm³/mol. The summed E-state index contributed by atoms with van der Waals surface area (Å²) < 4.78 is 1.12. The molecule has 0 radical (unpaired) electrons. The number of hydrogen-bond acceptors (Lipinski definition) is 2. The van der Waals surface area contributed by atoms with Gasteiger partial charge in [0.2, 0.25) is 0 Å². The molecule has 0 spiro atoms. The minimum atomic E-state index is 1.03. The maximum atomic E-state index is 4.80. The summed E-state index contributed by atoms with van der Waals surface area (Å²) in [5, 5.41) is 4.85. The van der Waals surface area contributed by atoms with Gasteiger partial charge in [0, 0.05) is 27.8 Å². The first-order chi connectivity index (χ1) is 8.79.